The molecule has 1 aliphatic heterocycles. The van der Waals surface area contributed by atoms with Crippen molar-refractivity contribution in [1.29, 1.82) is 0 Å². The summed E-state index contributed by atoms with van der Waals surface area (Å²) in [5, 5.41) is 7.99. The lowest BCUT2D eigenvalue weighted by atomic mass is 9.99. The number of amides is 5. The number of aromatic amines is 1. The van der Waals surface area contributed by atoms with E-state index in [-0.39, 0.29) is 24.8 Å². The van der Waals surface area contributed by atoms with Gasteiger partial charge in [0.1, 0.15) is 29.8 Å². The van der Waals surface area contributed by atoms with Crippen LogP contribution in [0, 0.1) is 11.8 Å². The number of H-pyrrole nitrogens is 1. The number of ether oxygens (including phenoxy) is 1. The molecule has 0 aliphatic carbocycles. The van der Waals surface area contributed by atoms with Gasteiger partial charge in [0.2, 0.25) is 23.6 Å². The summed E-state index contributed by atoms with van der Waals surface area (Å²) in [7, 11) is 0. The van der Waals surface area contributed by atoms with Crippen LogP contribution in [0.5, 0.6) is 0 Å². The van der Waals surface area contributed by atoms with Gasteiger partial charge in [-0.25, -0.2) is 10.8 Å². The van der Waals surface area contributed by atoms with E-state index in [2.05, 4.69) is 31.3 Å². The third-order valence-corrected chi connectivity index (χ3v) is 7.30. The number of carbonyl (C=O) groups excluding carboxylic acids is 6. The van der Waals surface area contributed by atoms with E-state index in [0.29, 0.717) is 25.0 Å². The molecule has 0 unspecified atom stereocenters. The summed E-state index contributed by atoms with van der Waals surface area (Å²) < 4.78 is 5.40. The van der Waals surface area contributed by atoms with E-state index in [9.17, 15) is 28.8 Å². The highest BCUT2D eigenvalue weighted by atomic mass is 16.6. The van der Waals surface area contributed by atoms with Crippen LogP contribution >= 0.6 is 0 Å². The Balaban J connectivity index is 2.23. The molecule has 258 valence electrons. The number of imidazole rings is 1. The standard InChI is InChI=1S/C30H51N9O7/c1-16(2)11-20(26(42)38-32)35-28(44)24(17(3)4)37-27(43)22-9-8-10-39(22)29(45)21(13-23(40)46-30(5,6)7)36-25(41)19(31)12-18-14-33-15-34-18/h14-17,19-22,24H,8-13,31-32H2,1-7H3,(H,33,34)(H,35,44)(H,36,41)(H,37,43)(H,38,42)/t19-,20+,21-,22+,24-/m1/s1. The molecular formula is C30H51N9O7. The van der Waals surface area contributed by atoms with E-state index in [0.717, 1.165) is 0 Å². The number of hydrazine groups is 1. The molecule has 1 aromatic heterocycles. The fourth-order valence-electron chi connectivity index (χ4n) is 5.11. The average molecular weight is 650 g/mol. The van der Waals surface area contributed by atoms with Gasteiger partial charge < -0.3 is 36.3 Å². The van der Waals surface area contributed by atoms with Crippen LogP contribution in [-0.4, -0.2) is 92.7 Å². The molecule has 16 nitrogen and oxygen atoms in total. The lowest BCUT2D eigenvalue weighted by Crippen LogP contribution is -2.60. The highest BCUT2D eigenvalue weighted by Gasteiger charge is 2.41. The highest BCUT2D eigenvalue weighted by Crippen LogP contribution is 2.21. The van der Waals surface area contributed by atoms with Crippen LogP contribution in [0.2, 0.25) is 0 Å². The molecule has 46 heavy (non-hydrogen) atoms. The third kappa shape index (κ3) is 11.7. The Morgan fingerprint density at radius 3 is 2.22 bits per heavy atom. The second-order valence-electron chi connectivity index (χ2n) is 13.4. The van der Waals surface area contributed by atoms with Gasteiger partial charge in [-0.2, -0.15) is 0 Å². The number of aromatic nitrogens is 2. The van der Waals surface area contributed by atoms with Crippen LogP contribution in [0.3, 0.4) is 0 Å². The number of nitrogens with one attached hydrogen (secondary N) is 5. The number of nitrogens with two attached hydrogens (primary N) is 2. The number of esters is 1. The molecule has 0 aromatic carbocycles. The van der Waals surface area contributed by atoms with Gasteiger partial charge in [0.25, 0.3) is 5.91 Å². The number of hydrogen-bond donors (Lipinski definition) is 7. The molecule has 5 atom stereocenters. The molecule has 1 aliphatic rings. The second-order valence-corrected chi connectivity index (χ2v) is 13.4. The first-order valence-electron chi connectivity index (χ1n) is 15.6. The largest absolute Gasteiger partial charge is 0.460 e. The normalized spacial score (nSPS) is 17.5. The number of rotatable bonds is 15. The smallest absolute Gasteiger partial charge is 0.308 e. The molecule has 1 fully saturated rings. The molecule has 1 aromatic rings. The maximum absolute atomic E-state index is 13.9. The van der Waals surface area contributed by atoms with Crippen molar-refractivity contribution in [1.82, 2.24) is 36.2 Å². The molecule has 0 saturated carbocycles. The summed E-state index contributed by atoms with van der Waals surface area (Å²) in [5.74, 6) is 1.23. The van der Waals surface area contributed by atoms with Crippen molar-refractivity contribution in [2.45, 2.75) is 116 Å². The van der Waals surface area contributed by atoms with Crippen LogP contribution in [0.15, 0.2) is 12.5 Å². The second kappa shape index (κ2) is 17.0. The zero-order chi connectivity index (χ0) is 34.8. The maximum atomic E-state index is 13.9. The monoisotopic (exact) mass is 649 g/mol. The van der Waals surface area contributed by atoms with Gasteiger partial charge in [0, 0.05) is 24.9 Å². The minimum atomic E-state index is -1.36. The van der Waals surface area contributed by atoms with Crippen LogP contribution < -0.4 is 33.0 Å². The Morgan fingerprint density at radius 1 is 1.02 bits per heavy atom. The maximum Gasteiger partial charge on any atom is 0.308 e. The van der Waals surface area contributed by atoms with Gasteiger partial charge in [-0.1, -0.05) is 27.7 Å². The predicted octanol–water partition coefficient (Wildman–Crippen LogP) is -0.851. The summed E-state index contributed by atoms with van der Waals surface area (Å²) in [6.07, 6.45) is 3.69. The van der Waals surface area contributed by atoms with Crippen LogP contribution in [0.4, 0.5) is 0 Å². The topological polar surface area (TPSA) is 244 Å². The molecule has 0 spiro atoms. The Hall–Kier alpha value is -4.05. The molecule has 2 heterocycles. The zero-order valence-corrected chi connectivity index (χ0v) is 27.8. The van der Waals surface area contributed by atoms with E-state index < -0.39 is 77.7 Å². The highest BCUT2D eigenvalue weighted by molar-refractivity contribution is 5.97. The molecule has 0 bridgehead atoms. The van der Waals surface area contributed by atoms with E-state index in [1.807, 2.05) is 13.8 Å². The van der Waals surface area contributed by atoms with Crippen LogP contribution in [0.1, 0.15) is 79.8 Å². The SMILES string of the molecule is CC(C)C[C@H](NC(=O)[C@H](NC(=O)[C@@H]1CCCN1C(=O)[C@@H](CC(=O)OC(C)(C)C)NC(=O)[C@H](N)Cc1cnc[nH]1)C(C)C)C(=O)NN. The van der Waals surface area contributed by atoms with Gasteiger partial charge in [-0.15, -0.1) is 0 Å². The lowest BCUT2D eigenvalue weighted by Gasteiger charge is -2.31. The van der Waals surface area contributed by atoms with E-state index in [4.69, 9.17) is 16.3 Å². The van der Waals surface area contributed by atoms with Crippen molar-refractivity contribution in [3.63, 3.8) is 0 Å². The minimum Gasteiger partial charge on any atom is -0.460 e. The fourth-order valence-corrected chi connectivity index (χ4v) is 5.11. The summed E-state index contributed by atoms with van der Waals surface area (Å²) >= 11 is 0. The first kappa shape index (κ1) is 38.1. The van der Waals surface area contributed by atoms with E-state index in [1.165, 1.54) is 17.4 Å². The van der Waals surface area contributed by atoms with E-state index >= 15 is 0 Å². The van der Waals surface area contributed by atoms with Crippen molar-refractivity contribution in [3.8, 4) is 0 Å². The molecular weight excluding hydrogens is 598 g/mol. The molecule has 9 N–H and O–H groups in total. The number of nitrogens with zero attached hydrogens (tertiary/aromatic N) is 2. The van der Waals surface area contributed by atoms with Crippen LogP contribution in [-0.2, 0) is 39.9 Å². The molecule has 16 heteroatoms. The minimum absolute atomic E-state index is 0.0712. The lowest BCUT2D eigenvalue weighted by molar-refractivity contribution is -0.157. The Bertz CT molecular complexity index is 1210. The first-order valence-corrected chi connectivity index (χ1v) is 15.6. The van der Waals surface area contributed by atoms with Gasteiger partial charge in [-0.05, 0) is 51.9 Å². The molecule has 5 amide bonds. The summed E-state index contributed by atoms with van der Waals surface area (Å²) in [6.45, 7) is 12.5. The van der Waals surface area contributed by atoms with Crippen LogP contribution in [0.25, 0.3) is 0 Å². The van der Waals surface area contributed by atoms with Gasteiger partial charge >= 0.3 is 5.97 Å². The Morgan fingerprint density at radius 2 is 1.67 bits per heavy atom. The predicted molar refractivity (Wildman–Crippen MR) is 168 cm³/mol. The Labute approximate surface area is 269 Å². The first-order chi connectivity index (χ1) is 21.4. The summed E-state index contributed by atoms with van der Waals surface area (Å²) in [5.41, 5.74) is 7.91. The summed E-state index contributed by atoms with van der Waals surface area (Å²) in [6, 6.07) is -5.32. The van der Waals surface area contributed by atoms with Gasteiger partial charge in [0.15, 0.2) is 0 Å². The number of likely N-dealkylation sites (tertiary alicyclic amines) is 1. The molecule has 0 radical (unpaired) electrons. The number of hydrogen-bond acceptors (Lipinski definition) is 10. The zero-order valence-electron chi connectivity index (χ0n) is 27.8. The quantitative estimate of drug-likeness (QED) is 0.0537. The van der Waals surface area contributed by atoms with Gasteiger partial charge in [-0.3, -0.25) is 34.2 Å². The third-order valence-electron chi connectivity index (χ3n) is 7.30. The number of carbonyl (C=O) groups is 6. The van der Waals surface area contributed by atoms with Crippen molar-refractivity contribution >= 4 is 35.5 Å². The molecule has 2 rings (SSSR count). The van der Waals surface area contributed by atoms with Crippen molar-refractivity contribution in [3.05, 3.63) is 18.2 Å². The Kier molecular flexibility index (Phi) is 14.1. The molecule has 1 saturated heterocycles. The fraction of sp³-hybridized carbons (Fsp3) is 0.700. The summed E-state index contributed by atoms with van der Waals surface area (Å²) in [4.78, 5) is 86.9. The van der Waals surface area contributed by atoms with E-state index in [1.54, 1.807) is 34.6 Å². The van der Waals surface area contributed by atoms with Crippen molar-refractivity contribution in [2.75, 3.05) is 6.54 Å². The average Bonchev–Trinajstić information content (AvgIpc) is 3.65. The van der Waals surface area contributed by atoms with Crippen molar-refractivity contribution < 1.29 is 33.5 Å². The van der Waals surface area contributed by atoms with Gasteiger partial charge in [0.05, 0.1) is 18.8 Å². The van der Waals surface area contributed by atoms with Crippen molar-refractivity contribution in [2.24, 2.45) is 23.4 Å².